The molecular weight excluding hydrogens is 206 g/mol. The Morgan fingerprint density at radius 3 is 2.60 bits per heavy atom. The van der Waals surface area contributed by atoms with Gasteiger partial charge in [0.2, 0.25) is 0 Å². The summed E-state index contributed by atoms with van der Waals surface area (Å²) >= 11 is 5.28. The predicted molar refractivity (Wildman–Crippen MR) is 61.9 cm³/mol. The van der Waals surface area contributed by atoms with E-state index in [1.165, 1.54) is 0 Å². The summed E-state index contributed by atoms with van der Waals surface area (Å²) in [6, 6.07) is 14.0. The van der Waals surface area contributed by atoms with Gasteiger partial charge >= 0.3 is 0 Å². The Bertz CT molecular complexity index is 645. The number of aromatic amines is 1. The minimum absolute atomic E-state index is 0.705. The van der Waals surface area contributed by atoms with Crippen LogP contribution in [0.15, 0.2) is 48.7 Å². The summed E-state index contributed by atoms with van der Waals surface area (Å²) in [6.45, 7) is 0. The van der Waals surface area contributed by atoms with Crippen LogP contribution >= 0.6 is 12.2 Å². The average Bonchev–Trinajstić information content (AvgIpc) is 2.78. The molecule has 2 heterocycles. The summed E-state index contributed by atoms with van der Waals surface area (Å²) in [5.74, 6) is 0. The Morgan fingerprint density at radius 1 is 1.00 bits per heavy atom. The molecule has 0 radical (unpaired) electrons. The lowest BCUT2D eigenvalue weighted by Gasteiger charge is -2.03. The predicted octanol–water partition coefficient (Wildman–Crippen LogP) is 2.79. The van der Waals surface area contributed by atoms with Gasteiger partial charge in [-0.25, -0.2) is 9.20 Å². The summed E-state index contributed by atoms with van der Waals surface area (Å²) in [7, 11) is 0. The van der Waals surface area contributed by atoms with Crippen LogP contribution in [-0.4, -0.2) is 14.2 Å². The van der Waals surface area contributed by atoms with Crippen LogP contribution in [0.2, 0.25) is 0 Å². The molecule has 2 aromatic heterocycles. The number of nitrogens with one attached hydrogen (secondary N) is 1. The first kappa shape index (κ1) is 8.49. The highest BCUT2D eigenvalue weighted by Crippen LogP contribution is 2.11. The van der Waals surface area contributed by atoms with Crippen LogP contribution in [0.4, 0.5) is 0 Å². The molecule has 3 aromatic rings. The Labute approximate surface area is 91.6 Å². The van der Waals surface area contributed by atoms with Gasteiger partial charge in [-0.15, -0.1) is 0 Å². The topological polar surface area (TPSA) is 25.1 Å². The number of hydrogen-bond donors (Lipinski definition) is 1. The fourth-order valence-corrected chi connectivity index (χ4v) is 2.01. The highest BCUT2D eigenvalue weighted by atomic mass is 32.1. The maximum Gasteiger partial charge on any atom is 0.198 e. The molecule has 0 unspecified atom stereocenters. The highest BCUT2D eigenvalue weighted by Gasteiger charge is 2.03. The van der Waals surface area contributed by atoms with E-state index >= 15 is 0 Å². The Morgan fingerprint density at radius 2 is 1.80 bits per heavy atom. The molecule has 0 saturated carbocycles. The monoisotopic (exact) mass is 215 g/mol. The largest absolute Gasteiger partial charge is 0.316 e. The zero-order valence-corrected chi connectivity index (χ0v) is 8.74. The van der Waals surface area contributed by atoms with E-state index in [-0.39, 0.29) is 0 Å². The van der Waals surface area contributed by atoms with Crippen molar-refractivity contribution in [3.8, 4) is 5.69 Å². The first-order valence-corrected chi connectivity index (χ1v) is 5.11. The number of hydrogen-bond acceptors (Lipinski definition) is 1. The molecule has 15 heavy (non-hydrogen) atoms. The summed E-state index contributed by atoms with van der Waals surface area (Å²) in [4.78, 5) is 3.15. The molecule has 0 fully saturated rings. The molecular formula is C11H9N3S. The van der Waals surface area contributed by atoms with Crippen molar-refractivity contribution >= 4 is 17.9 Å². The molecule has 0 spiro atoms. The fourth-order valence-electron chi connectivity index (χ4n) is 1.72. The number of rotatable bonds is 1. The number of aromatic nitrogens is 3. The van der Waals surface area contributed by atoms with Crippen LogP contribution in [0, 0.1) is 4.77 Å². The van der Waals surface area contributed by atoms with Crippen molar-refractivity contribution in [2.24, 2.45) is 0 Å². The van der Waals surface area contributed by atoms with E-state index < -0.39 is 0 Å². The second-order valence-corrected chi connectivity index (χ2v) is 3.70. The number of nitrogens with zero attached hydrogens (tertiary/aromatic N) is 2. The molecule has 4 heteroatoms. The average molecular weight is 215 g/mol. The molecule has 0 aliphatic rings. The zero-order chi connectivity index (χ0) is 10.3. The van der Waals surface area contributed by atoms with Gasteiger partial charge in [0.15, 0.2) is 4.77 Å². The smallest absolute Gasteiger partial charge is 0.198 e. The Kier molecular flexibility index (Phi) is 1.76. The molecule has 0 saturated heterocycles. The number of H-pyrrole nitrogens is 1. The van der Waals surface area contributed by atoms with E-state index in [0.29, 0.717) is 4.77 Å². The highest BCUT2D eigenvalue weighted by molar-refractivity contribution is 7.71. The maximum absolute atomic E-state index is 5.28. The molecule has 0 aliphatic heterocycles. The van der Waals surface area contributed by atoms with Gasteiger partial charge in [-0.05, 0) is 36.5 Å². The van der Waals surface area contributed by atoms with Gasteiger partial charge in [0.25, 0.3) is 0 Å². The van der Waals surface area contributed by atoms with Crippen molar-refractivity contribution in [3.63, 3.8) is 0 Å². The minimum Gasteiger partial charge on any atom is -0.316 e. The van der Waals surface area contributed by atoms with Gasteiger partial charge in [-0.3, -0.25) is 0 Å². The summed E-state index contributed by atoms with van der Waals surface area (Å²) < 4.78 is 4.67. The van der Waals surface area contributed by atoms with Gasteiger partial charge in [0.05, 0.1) is 5.69 Å². The third-order valence-corrected chi connectivity index (χ3v) is 2.65. The van der Waals surface area contributed by atoms with Crippen LogP contribution < -0.4 is 0 Å². The van der Waals surface area contributed by atoms with E-state index in [9.17, 15) is 0 Å². The molecule has 0 aliphatic carbocycles. The van der Waals surface area contributed by atoms with Crippen LogP contribution in [0.5, 0.6) is 0 Å². The van der Waals surface area contributed by atoms with Crippen LogP contribution in [0.3, 0.4) is 0 Å². The van der Waals surface area contributed by atoms with E-state index in [2.05, 4.69) is 4.98 Å². The van der Waals surface area contributed by atoms with Crippen molar-refractivity contribution in [2.75, 3.05) is 0 Å². The molecule has 3 rings (SSSR count). The van der Waals surface area contributed by atoms with Crippen molar-refractivity contribution in [1.29, 1.82) is 0 Å². The lowest BCUT2D eigenvalue weighted by atomic mass is 10.3. The third kappa shape index (κ3) is 1.22. The Hall–Kier alpha value is -1.81. The molecule has 3 nitrogen and oxygen atoms in total. The van der Waals surface area contributed by atoms with Crippen LogP contribution in [0.1, 0.15) is 0 Å². The first-order chi connectivity index (χ1) is 7.36. The summed E-state index contributed by atoms with van der Waals surface area (Å²) in [5.41, 5.74) is 2.06. The quantitative estimate of drug-likeness (QED) is 0.620. The minimum atomic E-state index is 0.705. The first-order valence-electron chi connectivity index (χ1n) is 4.70. The van der Waals surface area contributed by atoms with E-state index in [1.807, 2.05) is 57.9 Å². The molecule has 1 aromatic carbocycles. The third-order valence-electron chi connectivity index (χ3n) is 2.37. The van der Waals surface area contributed by atoms with Gasteiger partial charge in [-0.2, -0.15) is 0 Å². The van der Waals surface area contributed by atoms with Crippen molar-refractivity contribution < 1.29 is 0 Å². The normalized spacial score (nSPS) is 10.9. The van der Waals surface area contributed by atoms with Gasteiger partial charge in [0, 0.05) is 6.20 Å². The van der Waals surface area contributed by atoms with Crippen LogP contribution in [-0.2, 0) is 0 Å². The molecule has 0 amide bonds. The summed E-state index contributed by atoms with van der Waals surface area (Å²) in [5, 5.41) is 0. The zero-order valence-electron chi connectivity index (χ0n) is 7.92. The van der Waals surface area contributed by atoms with E-state index in [1.54, 1.807) is 0 Å². The SMILES string of the molecule is S=c1[nH]c2cccn2n1-c1ccccc1. The standard InChI is InChI=1S/C11H9N3S/c15-11-12-10-7-4-8-13(10)14(11)9-5-2-1-3-6-9/h1-8H,(H,12,15). The second-order valence-electron chi connectivity index (χ2n) is 3.32. The maximum atomic E-state index is 5.28. The van der Waals surface area contributed by atoms with E-state index in [0.717, 1.165) is 11.3 Å². The molecule has 1 N–H and O–H groups in total. The second kappa shape index (κ2) is 3.10. The van der Waals surface area contributed by atoms with Gasteiger partial charge in [-0.1, -0.05) is 18.2 Å². The lowest BCUT2D eigenvalue weighted by Crippen LogP contribution is -2.00. The summed E-state index contributed by atoms with van der Waals surface area (Å²) in [6.07, 6.45) is 1.98. The van der Waals surface area contributed by atoms with Crippen molar-refractivity contribution in [3.05, 3.63) is 53.4 Å². The molecule has 74 valence electrons. The van der Waals surface area contributed by atoms with Crippen LogP contribution in [0.25, 0.3) is 11.3 Å². The fraction of sp³-hybridized carbons (Fsp3) is 0. The number of para-hydroxylation sites is 1. The molecule has 0 bridgehead atoms. The lowest BCUT2D eigenvalue weighted by molar-refractivity contribution is 0.793. The van der Waals surface area contributed by atoms with Gasteiger partial charge < -0.3 is 4.98 Å². The Balaban J connectivity index is 2.39. The van der Waals surface area contributed by atoms with Crippen molar-refractivity contribution in [1.82, 2.24) is 14.2 Å². The number of fused-ring (bicyclic) bond motifs is 1. The van der Waals surface area contributed by atoms with E-state index in [4.69, 9.17) is 12.2 Å². The molecule has 0 atom stereocenters. The van der Waals surface area contributed by atoms with Crippen molar-refractivity contribution in [2.45, 2.75) is 0 Å². The van der Waals surface area contributed by atoms with Gasteiger partial charge in [0.1, 0.15) is 5.65 Å². The number of benzene rings is 1.